The standard InChI is InChI=1S/C9H14F3N5/c1-5-3-17(4-6(2)13-5)8-14-7(15-16-8)9(10,11)12/h5-6,13H,3-4H2,1-2H3,(H,14,15,16). The fourth-order valence-electron chi connectivity index (χ4n) is 2.01. The summed E-state index contributed by atoms with van der Waals surface area (Å²) in [6.45, 7) is 5.14. The van der Waals surface area contributed by atoms with Crippen molar-refractivity contribution in [3.63, 3.8) is 0 Å². The van der Waals surface area contributed by atoms with E-state index in [0.717, 1.165) is 0 Å². The number of nitrogens with zero attached hydrogens (tertiary/aromatic N) is 3. The average molecular weight is 249 g/mol. The van der Waals surface area contributed by atoms with Crippen LogP contribution in [0.5, 0.6) is 0 Å². The first-order valence-electron chi connectivity index (χ1n) is 5.37. The van der Waals surface area contributed by atoms with E-state index in [9.17, 15) is 13.2 Å². The first-order valence-corrected chi connectivity index (χ1v) is 5.37. The van der Waals surface area contributed by atoms with E-state index in [0.29, 0.717) is 13.1 Å². The Morgan fingerprint density at radius 2 is 1.82 bits per heavy atom. The summed E-state index contributed by atoms with van der Waals surface area (Å²) in [4.78, 5) is 5.23. The van der Waals surface area contributed by atoms with Gasteiger partial charge in [-0.3, -0.25) is 5.10 Å². The van der Waals surface area contributed by atoms with Gasteiger partial charge in [-0.05, 0) is 13.8 Å². The number of alkyl halides is 3. The molecule has 1 aliphatic heterocycles. The molecule has 17 heavy (non-hydrogen) atoms. The summed E-state index contributed by atoms with van der Waals surface area (Å²) in [6.07, 6.45) is -4.48. The third-order valence-electron chi connectivity index (χ3n) is 2.58. The van der Waals surface area contributed by atoms with Gasteiger partial charge in [0.05, 0.1) is 0 Å². The summed E-state index contributed by atoms with van der Waals surface area (Å²) in [6, 6.07) is 0.401. The number of anilines is 1. The highest BCUT2D eigenvalue weighted by atomic mass is 19.4. The van der Waals surface area contributed by atoms with E-state index in [1.165, 1.54) is 0 Å². The second kappa shape index (κ2) is 4.17. The Morgan fingerprint density at radius 3 is 2.29 bits per heavy atom. The van der Waals surface area contributed by atoms with Crippen LogP contribution in [0, 0.1) is 0 Å². The van der Waals surface area contributed by atoms with Crippen LogP contribution in [0.4, 0.5) is 19.1 Å². The van der Waals surface area contributed by atoms with Crippen LogP contribution in [-0.4, -0.2) is 40.4 Å². The van der Waals surface area contributed by atoms with Crippen LogP contribution in [0.15, 0.2) is 0 Å². The van der Waals surface area contributed by atoms with Crippen LogP contribution in [0.3, 0.4) is 0 Å². The number of nitrogens with one attached hydrogen (secondary N) is 2. The van der Waals surface area contributed by atoms with E-state index in [1.807, 2.05) is 18.9 Å². The lowest BCUT2D eigenvalue weighted by atomic mass is 10.1. The third-order valence-corrected chi connectivity index (χ3v) is 2.58. The van der Waals surface area contributed by atoms with E-state index in [-0.39, 0.29) is 18.0 Å². The van der Waals surface area contributed by atoms with Crippen molar-refractivity contribution in [3.8, 4) is 0 Å². The van der Waals surface area contributed by atoms with Crippen LogP contribution in [0.25, 0.3) is 0 Å². The van der Waals surface area contributed by atoms with Gasteiger partial charge in [0.1, 0.15) is 0 Å². The zero-order valence-corrected chi connectivity index (χ0v) is 9.54. The van der Waals surface area contributed by atoms with Crippen molar-refractivity contribution in [2.75, 3.05) is 18.0 Å². The molecule has 2 heterocycles. The Morgan fingerprint density at radius 1 is 1.24 bits per heavy atom. The minimum Gasteiger partial charge on any atom is -0.336 e. The maximum atomic E-state index is 12.4. The van der Waals surface area contributed by atoms with Crippen molar-refractivity contribution in [3.05, 3.63) is 5.82 Å². The Hall–Kier alpha value is -1.31. The summed E-state index contributed by atoms with van der Waals surface area (Å²) in [5.74, 6) is -0.941. The molecule has 0 radical (unpaired) electrons. The zero-order chi connectivity index (χ0) is 12.6. The number of halogens is 3. The van der Waals surface area contributed by atoms with Gasteiger partial charge >= 0.3 is 6.18 Å². The van der Waals surface area contributed by atoms with Crippen molar-refractivity contribution in [2.45, 2.75) is 32.1 Å². The number of rotatable bonds is 1. The molecule has 0 saturated carbocycles. The predicted octanol–water partition coefficient (Wildman–Crippen LogP) is 1.01. The molecular formula is C9H14F3N5. The van der Waals surface area contributed by atoms with E-state index in [2.05, 4.69) is 15.4 Å². The molecule has 96 valence electrons. The first kappa shape index (κ1) is 12.2. The van der Waals surface area contributed by atoms with Gasteiger partial charge in [0.25, 0.3) is 0 Å². The monoisotopic (exact) mass is 249 g/mol. The quantitative estimate of drug-likeness (QED) is 0.780. The fraction of sp³-hybridized carbons (Fsp3) is 0.778. The SMILES string of the molecule is CC1CN(c2n[nH]c(C(F)(F)F)n2)CC(C)N1. The van der Waals surface area contributed by atoms with Gasteiger partial charge in [-0.25, -0.2) is 0 Å². The molecule has 2 rings (SSSR count). The molecule has 2 atom stereocenters. The summed E-state index contributed by atoms with van der Waals surface area (Å²) in [5.41, 5.74) is 0. The molecule has 1 saturated heterocycles. The molecule has 0 bridgehead atoms. The van der Waals surface area contributed by atoms with Crippen LogP contribution in [0.2, 0.25) is 0 Å². The molecule has 2 N–H and O–H groups in total. The summed E-state index contributed by atoms with van der Waals surface area (Å²) in [5, 5.41) is 8.83. The smallest absolute Gasteiger partial charge is 0.336 e. The van der Waals surface area contributed by atoms with Crippen molar-refractivity contribution in [1.82, 2.24) is 20.5 Å². The number of aromatic nitrogens is 3. The lowest BCUT2D eigenvalue weighted by Gasteiger charge is -2.35. The van der Waals surface area contributed by atoms with Crippen LogP contribution in [0.1, 0.15) is 19.7 Å². The highest BCUT2D eigenvalue weighted by Gasteiger charge is 2.36. The maximum Gasteiger partial charge on any atom is 0.451 e. The van der Waals surface area contributed by atoms with Gasteiger partial charge < -0.3 is 10.2 Å². The number of hydrogen-bond acceptors (Lipinski definition) is 4. The Labute approximate surface area is 96.4 Å². The van der Waals surface area contributed by atoms with E-state index in [4.69, 9.17) is 0 Å². The maximum absolute atomic E-state index is 12.4. The average Bonchev–Trinajstić information content (AvgIpc) is 2.63. The minimum absolute atomic E-state index is 0.109. The number of piperazine rings is 1. The zero-order valence-electron chi connectivity index (χ0n) is 9.54. The molecule has 2 unspecified atom stereocenters. The van der Waals surface area contributed by atoms with Gasteiger partial charge in [0, 0.05) is 25.2 Å². The molecule has 0 aromatic carbocycles. The molecule has 0 amide bonds. The topological polar surface area (TPSA) is 56.8 Å². The lowest BCUT2D eigenvalue weighted by molar-refractivity contribution is -0.144. The van der Waals surface area contributed by atoms with Crippen LogP contribution in [-0.2, 0) is 6.18 Å². The molecule has 1 fully saturated rings. The van der Waals surface area contributed by atoms with Gasteiger partial charge in [-0.2, -0.15) is 18.2 Å². The van der Waals surface area contributed by atoms with Gasteiger partial charge in [0.15, 0.2) is 0 Å². The molecule has 1 aromatic heterocycles. The summed E-state index contributed by atoms with van der Waals surface area (Å²) < 4.78 is 37.1. The van der Waals surface area contributed by atoms with Crippen molar-refractivity contribution >= 4 is 5.95 Å². The number of hydrogen-bond donors (Lipinski definition) is 2. The Bertz CT molecular complexity index is 378. The lowest BCUT2D eigenvalue weighted by Crippen LogP contribution is -2.54. The largest absolute Gasteiger partial charge is 0.451 e. The number of aromatic amines is 1. The molecule has 0 spiro atoms. The summed E-state index contributed by atoms with van der Waals surface area (Å²) >= 11 is 0. The highest BCUT2D eigenvalue weighted by molar-refractivity contribution is 5.31. The molecular weight excluding hydrogens is 235 g/mol. The number of H-pyrrole nitrogens is 1. The van der Waals surface area contributed by atoms with E-state index in [1.54, 1.807) is 4.90 Å². The van der Waals surface area contributed by atoms with Gasteiger partial charge in [0.2, 0.25) is 11.8 Å². The fourth-order valence-corrected chi connectivity index (χ4v) is 2.01. The summed E-state index contributed by atoms with van der Waals surface area (Å²) in [7, 11) is 0. The Kier molecular flexibility index (Phi) is 2.98. The van der Waals surface area contributed by atoms with Crippen molar-refractivity contribution in [1.29, 1.82) is 0 Å². The first-order chi connectivity index (χ1) is 7.86. The van der Waals surface area contributed by atoms with Gasteiger partial charge in [-0.1, -0.05) is 0 Å². The normalized spacial score (nSPS) is 26.3. The second-order valence-electron chi connectivity index (χ2n) is 4.36. The second-order valence-corrected chi connectivity index (χ2v) is 4.36. The Balaban J connectivity index is 2.14. The van der Waals surface area contributed by atoms with Crippen LogP contribution < -0.4 is 10.2 Å². The third kappa shape index (κ3) is 2.68. The van der Waals surface area contributed by atoms with E-state index >= 15 is 0 Å². The van der Waals surface area contributed by atoms with E-state index < -0.39 is 12.0 Å². The highest BCUT2D eigenvalue weighted by Crippen LogP contribution is 2.27. The van der Waals surface area contributed by atoms with Crippen LogP contribution >= 0.6 is 0 Å². The molecule has 5 nitrogen and oxygen atoms in total. The molecule has 1 aromatic rings. The predicted molar refractivity (Wildman–Crippen MR) is 55.7 cm³/mol. The molecule has 1 aliphatic rings. The molecule has 0 aliphatic carbocycles. The minimum atomic E-state index is -4.48. The molecule has 8 heteroatoms. The van der Waals surface area contributed by atoms with Gasteiger partial charge in [-0.15, -0.1) is 5.10 Å². The van der Waals surface area contributed by atoms with Crippen molar-refractivity contribution in [2.24, 2.45) is 0 Å². The van der Waals surface area contributed by atoms with Crippen molar-refractivity contribution < 1.29 is 13.2 Å².